The van der Waals surface area contributed by atoms with Gasteiger partial charge in [0, 0.05) is 31.9 Å². The van der Waals surface area contributed by atoms with Gasteiger partial charge in [0.1, 0.15) is 5.75 Å². The van der Waals surface area contributed by atoms with Crippen LogP contribution >= 0.6 is 0 Å². The highest BCUT2D eigenvalue weighted by atomic mass is 16.5. The van der Waals surface area contributed by atoms with Crippen molar-refractivity contribution < 1.29 is 4.74 Å². The lowest BCUT2D eigenvalue weighted by Crippen LogP contribution is -2.43. The Kier molecular flexibility index (Phi) is 4.11. The second-order valence-electron chi connectivity index (χ2n) is 5.63. The van der Waals surface area contributed by atoms with E-state index < -0.39 is 0 Å². The minimum atomic E-state index is 0.493. The van der Waals surface area contributed by atoms with Crippen molar-refractivity contribution in [3.63, 3.8) is 0 Å². The fourth-order valence-electron chi connectivity index (χ4n) is 2.92. The molecule has 21 heavy (non-hydrogen) atoms. The fourth-order valence-corrected chi connectivity index (χ4v) is 2.92. The average molecular weight is 282 g/mol. The quantitative estimate of drug-likeness (QED) is 0.933. The van der Waals surface area contributed by atoms with Crippen molar-refractivity contribution in [1.82, 2.24) is 5.32 Å². The summed E-state index contributed by atoms with van der Waals surface area (Å²) in [6.07, 6.45) is 1.09. The average Bonchev–Trinajstić information content (AvgIpc) is 2.55. The third-order valence-corrected chi connectivity index (χ3v) is 4.17. The molecule has 1 aliphatic rings. The van der Waals surface area contributed by atoms with Gasteiger partial charge in [-0.15, -0.1) is 0 Å². The van der Waals surface area contributed by atoms with Crippen LogP contribution in [0.4, 0.5) is 5.69 Å². The molecule has 3 rings (SSSR count). The number of benzene rings is 2. The maximum atomic E-state index is 5.21. The van der Waals surface area contributed by atoms with E-state index in [0.717, 1.165) is 25.3 Å². The van der Waals surface area contributed by atoms with Crippen molar-refractivity contribution in [2.24, 2.45) is 0 Å². The lowest BCUT2D eigenvalue weighted by Gasteiger charge is -2.30. The molecule has 0 saturated carbocycles. The number of hydrogen-bond acceptors (Lipinski definition) is 3. The first kappa shape index (κ1) is 14.0. The molecule has 3 nitrogen and oxygen atoms in total. The Morgan fingerprint density at radius 2 is 1.81 bits per heavy atom. The van der Waals surface area contributed by atoms with E-state index in [-0.39, 0.29) is 0 Å². The van der Waals surface area contributed by atoms with Crippen LogP contribution in [-0.2, 0) is 13.0 Å². The van der Waals surface area contributed by atoms with Gasteiger partial charge in [0.2, 0.25) is 0 Å². The number of rotatable bonds is 4. The number of hydrogen-bond donors (Lipinski definition) is 1. The first-order chi connectivity index (χ1) is 10.3. The minimum Gasteiger partial charge on any atom is -0.497 e. The summed E-state index contributed by atoms with van der Waals surface area (Å²) in [6.45, 7) is 1.97. The normalized spacial score (nSPS) is 17.1. The van der Waals surface area contributed by atoms with E-state index in [4.69, 9.17) is 4.74 Å². The molecule has 0 amide bonds. The highest BCUT2D eigenvalue weighted by Gasteiger charge is 2.18. The zero-order chi connectivity index (χ0) is 14.7. The van der Waals surface area contributed by atoms with E-state index >= 15 is 0 Å². The van der Waals surface area contributed by atoms with Crippen LogP contribution in [0.3, 0.4) is 0 Å². The molecule has 2 aromatic rings. The van der Waals surface area contributed by atoms with Crippen LogP contribution in [0.15, 0.2) is 48.5 Å². The molecule has 0 fully saturated rings. The molecule has 0 radical (unpaired) electrons. The van der Waals surface area contributed by atoms with Gasteiger partial charge in [-0.05, 0) is 41.8 Å². The Hall–Kier alpha value is -2.00. The maximum Gasteiger partial charge on any atom is 0.119 e. The highest BCUT2D eigenvalue weighted by Crippen LogP contribution is 2.21. The maximum absolute atomic E-state index is 5.21. The third kappa shape index (κ3) is 3.19. The van der Waals surface area contributed by atoms with Crippen molar-refractivity contribution in [2.45, 2.75) is 19.0 Å². The number of likely N-dealkylation sites (N-methyl/N-ethyl adjacent to an activating group) is 1. The standard InChI is InChI=1S/C18H22N2O/c1-20(17-7-9-18(21-2)10-8-17)13-16-11-14-5-3-4-6-15(14)12-19-16/h3-10,16,19H,11-13H2,1-2H3. The summed E-state index contributed by atoms with van der Waals surface area (Å²) < 4.78 is 5.21. The number of ether oxygens (including phenoxy) is 1. The smallest absolute Gasteiger partial charge is 0.119 e. The lowest BCUT2D eigenvalue weighted by atomic mass is 9.95. The van der Waals surface area contributed by atoms with E-state index in [2.05, 4.69) is 53.7 Å². The van der Waals surface area contributed by atoms with Gasteiger partial charge in [0.15, 0.2) is 0 Å². The molecule has 1 N–H and O–H groups in total. The fraction of sp³-hybridized carbons (Fsp3) is 0.333. The van der Waals surface area contributed by atoms with Crippen LogP contribution in [0.25, 0.3) is 0 Å². The highest BCUT2D eigenvalue weighted by molar-refractivity contribution is 5.48. The third-order valence-electron chi connectivity index (χ3n) is 4.17. The number of nitrogens with one attached hydrogen (secondary N) is 1. The van der Waals surface area contributed by atoms with Gasteiger partial charge < -0.3 is 15.0 Å². The van der Waals surface area contributed by atoms with Crippen LogP contribution in [-0.4, -0.2) is 26.7 Å². The molecular formula is C18H22N2O. The summed E-state index contributed by atoms with van der Waals surface area (Å²) in [4.78, 5) is 2.30. The van der Waals surface area contributed by atoms with Crippen LogP contribution < -0.4 is 15.0 Å². The van der Waals surface area contributed by atoms with Crippen molar-refractivity contribution in [3.8, 4) is 5.75 Å². The van der Waals surface area contributed by atoms with E-state index in [1.54, 1.807) is 7.11 Å². The van der Waals surface area contributed by atoms with E-state index in [9.17, 15) is 0 Å². The zero-order valence-corrected chi connectivity index (χ0v) is 12.7. The van der Waals surface area contributed by atoms with E-state index in [0.29, 0.717) is 6.04 Å². The monoisotopic (exact) mass is 282 g/mol. The van der Waals surface area contributed by atoms with Crippen LogP contribution in [0, 0.1) is 0 Å². The Morgan fingerprint density at radius 1 is 1.10 bits per heavy atom. The molecule has 0 saturated heterocycles. The Bertz CT molecular complexity index is 594. The molecule has 1 atom stereocenters. The van der Waals surface area contributed by atoms with Crippen LogP contribution in [0.5, 0.6) is 5.75 Å². The summed E-state index contributed by atoms with van der Waals surface area (Å²) >= 11 is 0. The molecule has 1 unspecified atom stereocenters. The topological polar surface area (TPSA) is 24.5 Å². The van der Waals surface area contributed by atoms with Crippen molar-refractivity contribution in [2.75, 3.05) is 25.6 Å². The van der Waals surface area contributed by atoms with Gasteiger partial charge in [-0.25, -0.2) is 0 Å². The molecule has 1 aliphatic heterocycles. The van der Waals surface area contributed by atoms with Gasteiger partial charge in [-0.1, -0.05) is 24.3 Å². The molecule has 0 spiro atoms. The summed E-state index contributed by atoms with van der Waals surface area (Å²) in [5.41, 5.74) is 4.13. The molecule has 0 bridgehead atoms. The summed E-state index contributed by atoms with van der Waals surface area (Å²) in [5, 5.41) is 3.63. The Balaban J connectivity index is 1.64. The largest absolute Gasteiger partial charge is 0.497 e. The summed E-state index contributed by atoms with van der Waals surface area (Å²) in [5.74, 6) is 0.900. The number of anilines is 1. The van der Waals surface area contributed by atoms with E-state index in [1.165, 1.54) is 16.8 Å². The molecule has 2 aromatic carbocycles. The molecule has 110 valence electrons. The van der Waals surface area contributed by atoms with Gasteiger partial charge in [0.25, 0.3) is 0 Å². The van der Waals surface area contributed by atoms with E-state index in [1.807, 2.05) is 12.1 Å². The molecule has 0 aliphatic carbocycles. The molecule has 1 heterocycles. The molecular weight excluding hydrogens is 260 g/mol. The Morgan fingerprint density at radius 3 is 2.52 bits per heavy atom. The van der Waals surface area contributed by atoms with Crippen LogP contribution in [0.2, 0.25) is 0 Å². The molecule has 3 heteroatoms. The summed E-state index contributed by atoms with van der Waals surface area (Å²) in [6, 6.07) is 17.4. The van der Waals surface area contributed by atoms with Gasteiger partial charge >= 0.3 is 0 Å². The number of methoxy groups -OCH3 is 1. The van der Waals surface area contributed by atoms with Gasteiger partial charge in [0.05, 0.1) is 7.11 Å². The van der Waals surface area contributed by atoms with Gasteiger partial charge in [-0.3, -0.25) is 0 Å². The first-order valence-corrected chi connectivity index (χ1v) is 7.41. The Labute approximate surface area is 126 Å². The SMILES string of the molecule is COc1ccc(N(C)CC2Cc3ccccc3CN2)cc1. The molecule has 0 aromatic heterocycles. The second kappa shape index (κ2) is 6.19. The van der Waals surface area contributed by atoms with Crippen molar-refractivity contribution >= 4 is 5.69 Å². The van der Waals surface area contributed by atoms with Gasteiger partial charge in [-0.2, -0.15) is 0 Å². The zero-order valence-electron chi connectivity index (χ0n) is 12.7. The lowest BCUT2D eigenvalue weighted by molar-refractivity contribution is 0.415. The van der Waals surface area contributed by atoms with Crippen molar-refractivity contribution in [1.29, 1.82) is 0 Å². The number of fused-ring (bicyclic) bond motifs is 1. The number of nitrogens with zero attached hydrogens (tertiary/aromatic N) is 1. The second-order valence-corrected chi connectivity index (χ2v) is 5.63. The van der Waals surface area contributed by atoms with Crippen LogP contribution in [0.1, 0.15) is 11.1 Å². The first-order valence-electron chi connectivity index (χ1n) is 7.41. The van der Waals surface area contributed by atoms with Crippen molar-refractivity contribution in [3.05, 3.63) is 59.7 Å². The predicted octanol–water partition coefficient (Wildman–Crippen LogP) is 2.85. The summed E-state index contributed by atoms with van der Waals surface area (Å²) in [7, 11) is 3.84. The predicted molar refractivity (Wildman–Crippen MR) is 87.0 cm³/mol. The minimum absolute atomic E-state index is 0.493.